The number of aromatic carboxylic acids is 1. The smallest absolute Gasteiger partial charge is 0.337 e. The zero-order valence-corrected chi connectivity index (χ0v) is 11.7. The average molecular weight is 298 g/mol. The minimum Gasteiger partial charge on any atom is -0.478 e. The number of carbonyl (C=O) groups excluding carboxylic acids is 1. The molecule has 1 atom stereocenters. The van der Waals surface area contributed by atoms with Crippen molar-refractivity contribution in [2.24, 2.45) is 0 Å². The van der Waals surface area contributed by atoms with Gasteiger partial charge in [-0.1, -0.05) is 11.6 Å². The number of benzene rings is 1. The SMILES string of the molecule is O=C(CC1CCCCO1)Nc1cc(Cl)ccc1C(=O)O. The van der Waals surface area contributed by atoms with Crippen molar-refractivity contribution in [3.63, 3.8) is 0 Å². The first kappa shape index (κ1) is 14.8. The van der Waals surface area contributed by atoms with Gasteiger partial charge in [0.2, 0.25) is 5.91 Å². The molecular weight excluding hydrogens is 282 g/mol. The highest BCUT2D eigenvalue weighted by atomic mass is 35.5. The van der Waals surface area contributed by atoms with Crippen molar-refractivity contribution in [1.29, 1.82) is 0 Å². The fourth-order valence-corrected chi connectivity index (χ4v) is 2.35. The molecule has 1 saturated heterocycles. The van der Waals surface area contributed by atoms with E-state index >= 15 is 0 Å². The predicted octanol–water partition coefficient (Wildman–Crippen LogP) is 2.94. The van der Waals surface area contributed by atoms with Crippen molar-refractivity contribution in [3.8, 4) is 0 Å². The van der Waals surface area contributed by atoms with Crippen LogP contribution in [0.15, 0.2) is 18.2 Å². The summed E-state index contributed by atoms with van der Waals surface area (Å²) in [7, 11) is 0. The number of hydrogen-bond donors (Lipinski definition) is 2. The Hall–Kier alpha value is -1.59. The van der Waals surface area contributed by atoms with E-state index in [1.54, 1.807) is 0 Å². The largest absolute Gasteiger partial charge is 0.478 e. The molecule has 2 N–H and O–H groups in total. The monoisotopic (exact) mass is 297 g/mol. The molecule has 1 aromatic rings. The lowest BCUT2D eigenvalue weighted by atomic mass is 10.1. The molecule has 6 heteroatoms. The van der Waals surface area contributed by atoms with Crippen molar-refractivity contribution < 1.29 is 19.4 Å². The molecule has 1 aliphatic rings. The average Bonchev–Trinajstić information content (AvgIpc) is 2.39. The molecule has 20 heavy (non-hydrogen) atoms. The fraction of sp³-hybridized carbons (Fsp3) is 0.429. The topological polar surface area (TPSA) is 75.6 Å². The summed E-state index contributed by atoms with van der Waals surface area (Å²) in [5, 5.41) is 12.0. The standard InChI is InChI=1S/C14H16ClNO4/c15-9-4-5-11(14(18)19)12(7-9)16-13(17)8-10-3-1-2-6-20-10/h4-5,7,10H,1-3,6,8H2,(H,16,17)(H,18,19). The summed E-state index contributed by atoms with van der Waals surface area (Å²) in [6, 6.07) is 4.28. The van der Waals surface area contributed by atoms with Crippen molar-refractivity contribution in [2.75, 3.05) is 11.9 Å². The number of carboxylic acid groups (broad SMARTS) is 1. The first-order valence-corrected chi connectivity index (χ1v) is 6.88. The van der Waals surface area contributed by atoms with Gasteiger partial charge < -0.3 is 15.2 Å². The van der Waals surface area contributed by atoms with Crippen LogP contribution in [0, 0.1) is 0 Å². The third-order valence-electron chi connectivity index (χ3n) is 3.17. The number of carboxylic acids is 1. The first-order valence-electron chi connectivity index (χ1n) is 6.50. The van der Waals surface area contributed by atoms with Gasteiger partial charge >= 0.3 is 5.97 Å². The van der Waals surface area contributed by atoms with Gasteiger partial charge in [-0.2, -0.15) is 0 Å². The first-order chi connectivity index (χ1) is 9.56. The second-order valence-electron chi connectivity index (χ2n) is 4.74. The predicted molar refractivity (Wildman–Crippen MR) is 75.2 cm³/mol. The van der Waals surface area contributed by atoms with Crippen LogP contribution < -0.4 is 5.32 Å². The molecule has 1 aromatic carbocycles. The molecule has 0 saturated carbocycles. The zero-order chi connectivity index (χ0) is 14.5. The Labute approximate surface area is 121 Å². The van der Waals surface area contributed by atoms with Crippen LogP contribution in [0.25, 0.3) is 0 Å². The minimum absolute atomic E-state index is 0.0207. The Bertz CT molecular complexity index is 512. The van der Waals surface area contributed by atoms with E-state index in [4.69, 9.17) is 21.4 Å². The van der Waals surface area contributed by atoms with E-state index in [-0.39, 0.29) is 29.7 Å². The third-order valence-corrected chi connectivity index (χ3v) is 3.41. The van der Waals surface area contributed by atoms with Gasteiger partial charge in [0.15, 0.2) is 0 Å². The van der Waals surface area contributed by atoms with Crippen LogP contribution >= 0.6 is 11.6 Å². The van der Waals surface area contributed by atoms with Crippen molar-refractivity contribution in [1.82, 2.24) is 0 Å². The zero-order valence-electron chi connectivity index (χ0n) is 10.9. The molecule has 1 heterocycles. The Balaban J connectivity index is 2.03. The minimum atomic E-state index is -1.11. The van der Waals surface area contributed by atoms with Crippen LogP contribution in [0.2, 0.25) is 5.02 Å². The maximum atomic E-state index is 11.9. The van der Waals surface area contributed by atoms with E-state index in [1.807, 2.05) is 0 Å². The van der Waals surface area contributed by atoms with Gasteiger partial charge in [-0.25, -0.2) is 4.79 Å². The van der Waals surface area contributed by atoms with Gasteiger partial charge in [-0.05, 0) is 37.5 Å². The Morgan fingerprint density at radius 2 is 2.20 bits per heavy atom. The summed E-state index contributed by atoms with van der Waals surface area (Å²) in [6.07, 6.45) is 3.07. The molecule has 1 fully saturated rings. The highest BCUT2D eigenvalue weighted by molar-refractivity contribution is 6.31. The lowest BCUT2D eigenvalue weighted by molar-refractivity contribution is -0.119. The Kier molecular flexibility index (Phi) is 4.98. The van der Waals surface area contributed by atoms with Crippen LogP contribution in [-0.2, 0) is 9.53 Å². The van der Waals surface area contributed by atoms with E-state index in [2.05, 4.69) is 5.32 Å². The van der Waals surface area contributed by atoms with Crippen molar-refractivity contribution in [3.05, 3.63) is 28.8 Å². The van der Waals surface area contributed by atoms with E-state index in [9.17, 15) is 9.59 Å². The van der Waals surface area contributed by atoms with Crippen molar-refractivity contribution in [2.45, 2.75) is 31.8 Å². The maximum absolute atomic E-state index is 11.9. The quantitative estimate of drug-likeness (QED) is 0.896. The normalized spacial score (nSPS) is 18.6. The molecule has 5 nitrogen and oxygen atoms in total. The third kappa shape index (κ3) is 3.95. The molecule has 108 valence electrons. The molecule has 0 aliphatic carbocycles. The number of amides is 1. The van der Waals surface area contributed by atoms with Gasteiger partial charge in [0.25, 0.3) is 0 Å². The molecule has 0 bridgehead atoms. The molecule has 1 unspecified atom stereocenters. The highest BCUT2D eigenvalue weighted by Gasteiger charge is 2.19. The van der Waals surface area contributed by atoms with Gasteiger partial charge in [0, 0.05) is 11.6 Å². The van der Waals surface area contributed by atoms with E-state index < -0.39 is 5.97 Å². The second-order valence-corrected chi connectivity index (χ2v) is 5.17. The number of ether oxygens (including phenoxy) is 1. The van der Waals surface area contributed by atoms with E-state index in [0.29, 0.717) is 11.6 Å². The maximum Gasteiger partial charge on any atom is 0.337 e. The summed E-state index contributed by atoms with van der Waals surface area (Å²) >= 11 is 5.83. The molecular formula is C14H16ClNO4. The van der Waals surface area contributed by atoms with Gasteiger partial charge in [-0.3, -0.25) is 4.79 Å². The second kappa shape index (κ2) is 6.72. The van der Waals surface area contributed by atoms with Crippen LogP contribution in [0.5, 0.6) is 0 Å². The molecule has 0 aromatic heterocycles. The van der Waals surface area contributed by atoms with Gasteiger partial charge in [0.05, 0.1) is 23.8 Å². The molecule has 1 amide bonds. The van der Waals surface area contributed by atoms with Gasteiger partial charge in [0.1, 0.15) is 0 Å². The Morgan fingerprint density at radius 1 is 1.40 bits per heavy atom. The lowest BCUT2D eigenvalue weighted by Gasteiger charge is -2.22. The highest BCUT2D eigenvalue weighted by Crippen LogP contribution is 2.22. The summed E-state index contributed by atoms with van der Waals surface area (Å²) in [4.78, 5) is 23.0. The van der Waals surface area contributed by atoms with Crippen LogP contribution in [-0.4, -0.2) is 29.7 Å². The molecule has 2 rings (SSSR count). The molecule has 0 radical (unpaired) electrons. The van der Waals surface area contributed by atoms with Crippen molar-refractivity contribution >= 4 is 29.2 Å². The Morgan fingerprint density at radius 3 is 2.85 bits per heavy atom. The summed E-state index contributed by atoms with van der Waals surface area (Å²) in [5.41, 5.74) is 0.234. The fourth-order valence-electron chi connectivity index (χ4n) is 2.18. The van der Waals surface area contributed by atoms with E-state index in [1.165, 1.54) is 18.2 Å². The molecule has 1 aliphatic heterocycles. The number of nitrogens with one attached hydrogen (secondary N) is 1. The number of carbonyl (C=O) groups is 2. The number of anilines is 1. The van der Waals surface area contributed by atoms with E-state index in [0.717, 1.165) is 19.3 Å². The van der Waals surface area contributed by atoms with Gasteiger partial charge in [-0.15, -0.1) is 0 Å². The number of halogens is 1. The number of rotatable bonds is 4. The summed E-state index contributed by atoms with van der Waals surface area (Å²) < 4.78 is 5.48. The summed E-state index contributed by atoms with van der Waals surface area (Å²) in [6.45, 7) is 0.676. The van der Waals surface area contributed by atoms with Crippen LogP contribution in [0.4, 0.5) is 5.69 Å². The summed E-state index contributed by atoms with van der Waals surface area (Å²) in [5.74, 6) is -1.37. The lowest BCUT2D eigenvalue weighted by Crippen LogP contribution is -2.26. The number of hydrogen-bond acceptors (Lipinski definition) is 3. The van der Waals surface area contributed by atoms with Crippen LogP contribution in [0.1, 0.15) is 36.0 Å². The molecule has 0 spiro atoms. The van der Waals surface area contributed by atoms with Crippen LogP contribution in [0.3, 0.4) is 0 Å².